The first kappa shape index (κ1) is 11.8. The number of benzene rings is 1. The van der Waals surface area contributed by atoms with Gasteiger partial charge in [-0.1, -0.05) is 25.1 Å². The van der Waals surface area contributed by atoms with Gasteiger partial charge in [0.2, 0.25) is 0 Å². The molecule has 1 heterocycles. The quantitative estimate of drug-likeness (QED) is 0.754. The van der Waals surface area contributed by atoms with E-state index >= 15 is 0 Å². The van der Waals surface area contributed by atoms with Crippen LogP contribution in [0, 0.1) is 11.8 Å². The Bertz CT molecular complexity index is 516. The SMILES string of the molecule is CC(C1CC1)C(Cl)c1cnn(-c2ccccc2)c1. The van der Waals surface area contributed by atoms with Crippen LogP contribution in [0.3, 0.4) is 0 Å². The molecular formula is C15H17ClN2. The van der Waals surface area contributed by atoms with Crippen molar-refractivity contribution in [2.45, 2.75) is 25.1 Å². The largest absolute Gasteiger partial charge is 0.241 e. The fourth-order valence-corrected chi connectivity index (χ4v) is 2.68. The van der Waals surface area contributed by atoms with Crippen LogP contribution in [0.2, 0.25) is 0 Å². The van der Waals surface area contributed by atoms with E-state index < -0.39 is 0 Å². The minimum atomic E-state index is 0.0787. The molecule has 3 heteroatoms. The fourth-order valence-electron chi connectivity index (χ4n) is 2.37. The van der Waals surface area contributed by atoms with Gasteiger partial charge in [0, 0.05) is 11.8 Å². The van der Waals surface area contributed by atoms with Gasteiger partial charge < -0.3 is 0 Å². The lowest BCUT2D eigenvalue weighted by molar-refractivity contribution is 0.491. The van der Waals surface area contributed by atoms with Gasteiger partial charge in [0.15, 0.2) is 0 Å². The smallest absolute Gasteiger partial charge is 0.0645 e. The molecule has 2 unspecified atom stereocenters. The number of nitrogens with zero attached hydrogens (tertiary/aromatic N) is 2. The standard InChI is InChI=1S/C15H17ClN2/c1-11(12-7-8-12)15(16)13-9-17-18(10-13)14-5-3-2-4-6-14/h2-6,9-12,15H,7-8H2,1H3. The summed E-state index contributed by atoms with van der Waals surface area (Å²) in [5, 5.41) is 4.48. The first-order valence-electron chi connectivity index (χ1n) is 6.50. The van der Waals surface area contributed by atoms with Gasteiger partial charge in [0.1, 0.15) is 0 Å². The van der Waals surface area contributed by atoms with Crippen molar-refractivity contribution in [3.05, 3.63) is 48.3 Å². The summed E-state index contributed by atoms with van der Waals surface area (Å²) in [5.74, 6) is 1.35. The Morgan fingerprint density at radius 1 is 1.28 bits per heavy atom. The third-order valence-corrected chi connectivity index (χ3v) is 4.42. The number of hydrogen-bond acceptors (Lipinski definition) is 1. The molecule has 1 fully saturated rings. The molecule has 2 aromatic rings. The molecule has 0 spiro atoms. The van der Waals surface area contributed by atoms with Crippen molar-refractivity contribution in [3.63, 3.8) is 0 Å². The molecule has 94 valence electrons. The number of aromatic nitrogens is 2. The lowest BCUT2D eigenvalue weighted by Gasteiger charge is -2.15. The van der Waals surface area contributed by atoms with E-state index in [9.17, 15) is 0 Å². The molecule has 0 aliphatic heterocycles. The van der Waals surface area contributed by atoms with E-state index in [0.717, 1.165) is 17.2 Å². The predicted octanol–water partition coefficient (Wildman–Crippen LogP) is 4.20. The third-order valence-electron chi connectivity index (χ3n) is 3.77. The monoisotopic (exact) mass is 260 g/mol. The second-order valence-electron chi connectivity index (χ2n) is 5.15. The lowest BCUT2D eigenvalue weighted by atomic mass is 9.98. The molecule has 1 aromatic carbocycles. The molecule has 0 saturated heterocycles. The maximum Gasteiger partial charge on any atom is 0.0645 e. The van der Waals surface area contributed by atoms with Crippen molar-refractivity contribution >= 4 is 11.6 Å². The summed E-state index contributed by atoms with van der Waals surface area (Å²) in [5.41, 5.74) is 2.20. The van der Waals surface area contributed by atoms with E-state index in [1.54, 1.807) is 0 Å². The number of para-hydroxylation sites is 1. The van der Waals surface area contributed by atoms with E-state index in [-0.39, 0.29) is 5.38 Å². The summed E-state index contributed by atoms with van der Waals surface area (Å²) >= 11 is 6.54. The zero-order valence-corrected chi connectivity index (χ0v) is 11.2. The van der Waals surface area contributed by atoms with Crippen LogP contribution in [0.25, 0.3) is 5.69 Å². The molecule has 0 amide bonds. The van der Waals surface area contributed by atoms with Crippen LogP contribution in [0.1, 0.15) is 30.7 Å². The lowest BCUT2D eigenvalue weighted by Crippen LogP contribution is -2.05. The minimum Gasteiger partial charge on any atom is -0.241 e. The maximum absolute atomic E-state index is 6.54. The summed E-state index contributed by atoms with van der Waals surface area (Å²) in [6.45, 7) is 2.25. The molecule has 1 aromatic heterocycles. The Morgan fingerprint density at radius 2 is 2.00 bits per heavy atom. The van der Waals surface area contributed by atoms with Crippen LogP contribution >= 0.6 is 11.6 Å². The van der Waals surface area contributed by atoms with Gasteiger partial charge in [-0.25, -0.2) is 4.68 Å². The molecule has 2 atom stereocenters. The van der Waals surface area contributed by atoms with Crippen molar-refractivity contribution in [3.8, 4) is 5.69 Å². The van der Waals surface area contributed by atoms with Gasteiger partial charge >= 0.3 is 0 Å². The number of alkyl halides is 1. The molecule has 1 aliphatic rings. The predicted molar refractivity (Wildman–Crippen MR) is 74.0 cm³/mol. The number of halogens is 1. The molecule has 18 heavy (non-hydrogen) atoms. The molecule has 1 saturated carbocycles. The van der Waals surface area contributed by atoms with E-state index in [2.05, 4.69) is 12.0 Å². The maximum atomic E-state index is 6.54. The summed E-state index contributed by atoms with van der Waals surface area (Å²) in [7, 11) is 0. The fraction of sp³-hybridized carbons (Fsp3) is 0.400. The third kappa shape index (κ3) is 2.30. The molecule has 2 nitrogen and oxygen atoms in total. The van der Waals surface area contributed by atoms with Gasteiger partial charge in [-0.05, 0) is 36.8 Å². The first-order chi connectivity index (χ1) is 8.75. The number of hydrogen-bond donors (Lipinski definition) is 0. The van der Waals surface area contributed by atoms with Crippen molar-refractivity contribution in [2.24, 2.45) is 11.8 Å². The van der Waals surface area contributed by atoms with Crippen molar-refractivity contribution < 1.29 is 0 Å². The Labute approximate surface area is 113 Å². The van der Waals surface area contributed by atoms with Crippen LogP contribution in [0.15, 0.2) is 42.7 Å². The van der Waals surface area contributed by atoms with Crippen LogP contribution < -0.4 is 0 Å². The van der Waals surface area contributed by atoms with Gasteiger partial charge in [-0.3, -0.25) is 0 Å². The molecular weight excluding hydrogens is 244 g/mol. The topological polar surface area (TPSA) is 17.8 Å². The van der Waals surface area contributed by atoms with E-state index in [4.69, 9.17) is 11.6 Å². The van der Waals surface area contributed by atoms with Crippen molar-refractivity contribution in [1.29, 1.82) is 0 Å². The second-order valence-corrected chi connectivity index (χ2v) is 5.62. The van der Waals surface area contributed by atoms with E-state index in [0.29, 0.717) is 5.92 Å². The summed E-state index contributed by atoms with van der Waals surface area (Å²) in [4.78, 5) is 0. The zero-order chi connectivity index (χ0) is 12.5. The zero-order valence-electron chi connectivity index (χ0n) is 10.5. The van der Waals surface area contributed by atoms with Gasteiger partial charge in [0.05, 0.1) is 17.3 Å². The van der Waals surface area contributed by atoms with Gasteiger partial charge in [-0.15, -0.1) is 11.6 Å². The minimum absolute atomic E-state index is 0.0787. The van der Waals surface area contributed by atoms with Crippen LogP contribution in [0.5, 0.6) is 0 Å². The Morgan fingerprint density at radius 3 is 2.67 bits per heavy atom. The Hall–Kier alpha value is -1.28. The summed E-state index contributed by atoms with van der Waals surface area (Å²) in [6, 6.07) is 10.1. The van der Waals surface area contributed by atoms with Crippen molar-refractivity contribution in [1.82, 2.24) is 9.78 Å². The molecule has 1 aliphatic carbocycles. The van der Waals surface area contributed by atoms with Crippen LogP contribution in [-0.4, -0.2) is 9.78 Å². The average molecular weight is 261 g/mol. The Balaban J connectivity index is 1.80. The molecule has 3 rings (SSSR count). The van der Waals surface area contributed by atoms with Crippen LogP contribution in [0.4, 0.5) is 0 Å². The molecule has 0 bridgehead atoms. The van der Waals surface area contributed by atoms with E-state index in [1.165, 1.54) is 12.8 Å². The highest BCUT2D eigenvalue weighted by Crippen LogP contribution is 2.45. The second kappa shape index (κ2) is 4.77. The van der Waals surface area contributed by atoms with Gasteiger partial charge in [0.25, 0.3) is 0 Å². The van der Waals surface area contributed by atoms with E-state index in [1.807, 2.05) is 47.4 Å². The van der Waals surface area contributed by atoms with Crippen molar-refractivity contribution in [2.75, 3.05) is 0 Å². The summed E-state index contributed by atoms with van der Waals surface area (Å²) in [6.07, 6.45) is 6.60. The Kier molecular flexibility index (Phi) is 3.13. The molecule has 0 radical (unpaired) electrons. The number of rotatable bonds is 4. The van der Waals surface area contributed by atoms with Gasteiger partial charge in [-0.2, -0.15) is 5.10 Å². The first-order valence-corrected chi connectivity index (χ1v) is 6.93. The molecule has 0 N–H and O–H groups in total. The van der Waals surface area contributed by atoms with Crippen LogP contribution in [-0.2, 0) is 0 Å². The highest BCUT2D eigenvalue weighted by atomic mass is 35.5. The summed E-state index contributed by atoms with van der Waals surface area (Å²) < 4.78 is 1.89. The average Bonchev–Trinajstić information content (AvgIpc) is 3.15. The normalized spacial score (nSPS) is 18.6. The highest BCUT2D eigenvalue weighted by Gasteiger charge is 2.33. The highest BCUT2D eigenvalue weighted by molar-refractivity contribution is 6.21.